The zero-order valence-corrected chi connectivity index (χ0v) is 17.5. The summed E-state index contributed by atoms with van der Waals surface area (Å²) in [7, 11) is 1.59. The standard InChI is InChI=1S/C20H17BrN4O2S/c1-26-15-3-2-4-16(9-15)27-11-18-17(10-22)19(23)25-20(24-18)28-12-13-5-7-14(21)8-6-13/h2-9H,11-12H2,1H3,(H2,23,24,25). The van der Waals surface area contributed by atoms with Crippen LogP contribution in [0.25, 0.3) is 0 Å². The molecule has 1 aromatic heterocycles. The molecule has 142 valence electrons. The number of halogens is 1. The molecule has 2 aromatic carbocycles. The monoisotopic (exact) mass is 456 g/mol. The summed E-state index contributed by atoms with van der Waals surface area (Å²) in [6, 6.07) is 17.3. The highest BCUT2D eigenvalue weighted by Crippen LogP contribution is 2.25. The molecule has 28 heavy (non-hydrogen) atoms. The third kappa shape index (κ3) is 5.15. The normalized spacial score (nSPS) is 10.3. The largest absolute Gasteiger partial charge is 0.497 e. The molecule has 2 N–H and O–H groups in total. The molecule has 0 spiro atoms. The first-order chi connectivity index (χ1) is 13.6. The van der Waals surface area contributed by atoms with Gasteiger partial charge in [-0.3, -0.25) is 0 Å². The van der Waals surface area contributed by atoms with Gasteiger partial charge in [0.1, 0.15) is 41.3 Å². The van der Waals surface area contributed by atoms with Crippen molar-refractivity contribution in [3.8, 4) is 17.6 Å². The summed E-state index contributed by atoms with van der Waals surface area (Å²) in [6.45, 7) is 0.106. The number of nitrogen functional groups attached to an aromatic ring is 1. The summed E-state index contributed by atoms with van der Waals surface area (Å²) in [5.41, 5.74) is 7.79. The maximum Gasteiger partial charge on any atom is 0.190 e. The lowest BCUT2D eigenvalue weighted by atomic mass is 10.2. The first-order valence-corrected chi connectivity index (χ1v) is 10.1. The van der Waals surface area contributed by atoms with E-state index in [1.54, 1.807) is 13.2 Å². The molecule has 1 heterocycles. The van der Waals surface area contributed by atoms with Crippen molar-refractivity contribution in [2.75, 3.05) is 12.8 Å². The number of ether oxygens (including phenoxy) is 2. The Balaban J connectivity index is 1.75. The molecule has 0 fully saturated rings. The maximum atomic E-state index is 9.41. The fourth-order valence-electron chi connectivity index (χ4n) is 2.37. The Hall–Kier alpha value is -2.76. The molecule has 0 atom stereocenters. The van der Waals surface area contributed by atoms with Crippen molar-refractivity contribution in [3.05, 3.63) is 69.8 Å². The molecule has 0 aliphatic carbocycles. The molecule has 0 aliphatic rings. The lowest BCUT2D eigenvalue weighted by molar-refractivity contribution is 0.297. The SMILES string of the molecule is COc1cccc(OCc2nc(SCc3ccc(Br)cc3)nc(N)c2C#N)c1. The average molecular weight is 457 g/mol. The van der Waals surface area contributed by atoms with Crippen LogP contribution >= 0.6 is 27.7 Å². The molecule has 0 bridgehead atoms. The Kier molecular flexibility index (Phi) is 6.74. The number of hydrogen-bond donors (Lipinski definition) is 1. The van der Waals surface area contributed by atoms with E-state index in [1.807, 2.05) is 42.5 Å². The molecule has 0 unspecified atom stereocenters. The molecule has 0 saturated carbocycles. The molecule has 6 nitrogen and oxygen atoms in total. The molecule has 3 aromatic rings. The minimum absolute atomic E-state index is 0.106. The second kappa shape index (κ2) is 9.44. The Bertz CT molecular complexity index is 1010. The quantitative estimate of drug-likeness (QED) is 0.410. The number of benzene rings is 2. The number of thioether (sulfide) groups is 1. The van der Waals surface area contributed by atoms with Crippen LogP contribution < -0.4 is 15.2 Å². The van der Waals surface area contributed by atoms with Crippen molar-refractivity contribution in [2.45, 2.75) is 17.5 Å². The van der Waals surface area contributed by atoms with Gasteiger partial charge in [-0.25, -0.2) is 9.97 Å². The molecule has 0 aliphatic heterocycles. The van der Waals surface area contributed by atoms with E-state index in [-0.39, 0.29) is 18.0 Å². The van der Waals surface area contributed by atoms with E-state index in [0.29, 0.717) is 28.1 Å². The number of nitrogens with zero attached hydrogens (tertiary/aromatic N) is 3. The van der Waals surface area contributed by atoms with Crippen molar-refractivity contribution >= 4 is 33.5 Å². The first-order valence-electron chi connectivity index (χ1n) is 8.29. The number of nitrogens with two attached hydrogens (primary N) is 1. The Morgan fingerprint density at radius 3 is 2.61 bits per heavy atom. The van der Waals surface area contributed by atoms with Crippen molar-refractivity contribution in [2.24, 2.45) is 0 Å². The van der Waals surface area contributed by atoms with Crippen LogP contribution in [0.15, 0.2) is 58.2 Å². The molecular weight excluding hydrogens is 440 g/mol. The Morgan fingerprint density at radius 1 is 1.14 bits per heavy atom. The van der Waals surface area contributed by atoms with Crippen molar-refractivity contribution in [1.82, 2.24) is 9.97 Å². The van der Waals surface area contributed by atoms with Crippen LogP contribution in [0.1, 0.15) is 16.8 Å². The first kappa shape index (κ1) is 20.0. The van der Waals surface area contributed by atoms with Crippen LogP contribution in [0, 0.1) is 11.3 Å². The summed E-state index contributed by atoms with van der Waals surface area (Å²) in [6.07, 6.45) is 0. The van der Waals surface area contributed by atoms with Crippen LogP contribution in [-0.4, -0.2) is 17.1 Å². The van der Waals surface area contributed by atoms with Gasteiger partial charge in [0.05, 0.1) is 7.11 Å². The number of aromatic nitrogens is 2. The minimum Gasteiger partial charge on any atom is -0.497 e. The third-order valence-corrected chi connectivity index (χ3v) is 5.25. The number of nitriles is 1. The van der Waals surface area contributed by atoms with Crippen LogP contribution in [0.3, 0.4) is 0 Å². The summed E-state index contributed by atoms with van der Waals surface area (Å²) in [5, 5.41) is 9.91. The smallest absolute Gasteiger partial charge is 0.190 e. The second-order valence-corrected chi connectivity index (χ2v) is 7.57. The van der Waals surface area contributed by atoms with Gasteiger partial charge in [-0.1, -0.05) is 45.9 Å². The fraction of sp³-hybridized carbons (Fsp3) is 0.150. The van der Waals surface area contributed by atoms with Crippen molar-refractivity contribution in [3.63, 3.8) is 0 Å². The van der Waals surface area contributed by atoms with E-state index >= 15 is 0 Å². The fourth-order valence-corrected chi connectivity index (χ4v) is 3.46. The highest BCUT2D eigenvalue weighted by atomic mass is 79.9. The summed E-state index contributed by atoms with van der Waals surface area (Å²) < 4.78 is 12.0. The molecule has 8 heteroatoms. The predicted octanol–water partition coefficient (Wildman–Crippen LogP) is 4.57. The molecule has 0 amide bonds. The third-order valence-electron chi connectivity index (χ3n) is 3.80. The zero-order valence-electron chi connectivity index (χ0n) is 15.1. The van der Waals surface area contributed by atoms with Gasteiger partial charge in [-0.15, -0.1) is 0 Å². The average Bonchev–Trinajstić information content (AvgIpc) is 2.72. The van der Waals surface area contributed by atoms with Gasteiger partial charge in [0.15, 0.2) is 5.16 Å². The zero-order chi connectivity index (χ0) is 19.9. The van der Waals surface area contributed by atoms with Gasteiger partial charge in [-0.05, 0) is 29.8 Å². The molecule has 3 rings (SSSR count). The van der Waals surface area contributed by atoms with Crippen LogP contribution in [0.5, 0.6) is 11.5 Å². The van der Waals surface area contributed by atoms with E-state index < -0.39 is 0 Å². The maximum absolute atomic E-state index is 9.41. The van der Waals surface area contributed by atoms with Crippen LogP contribution in [0.4, 0.5) is 5.82 Å². The molecule has 0 saturated heterocycles. The minimum atomic E-state index is 0.106. The van der Waals surface area contributed by atoms with Gasteiger partial charge < -0.3 is 15.2 Å². The topological polar surface area (TPSA) is 94.1 Å². The summed E-state index contributed by atoms with van der Waals surface area (Å²) in [4.78, 5) is 8.72. The second-order valence-electron chi connectivity index (χ2n) is 5.71. The van der Waals surface area contributed by atoms with E-state index in [2.05, 4.69) is 32.0 Å². The van der Waals surface area contributed by atoms with Gasteiger partial charge in [-0.2, -0.15) is 5.26 Å². The van der Waals surface area contributed by atoms with Gasteiger partial charge in [0, 0.05) is 16.3 Å². The van der Waals surface area contributed by atoms with Gasteiger partial charge in [0.25, 0.3) is 0 Å². The number of methoxy groups -OCH3 is 1. The van der Waals surface area contributed by atoms with E-state index in [4.69, 9.17) is 15.2 Å². The highest BCUT2D eigenvalue weighted by Gasteiger charge is 2.14. The van der Waals surface area contributed by atoms with Gasteiger partial charge in [0.2, 0.25) is 0 Å². The van der Waals surface area contributed by atoms with Crippen molar-refractivity contribution in [1.29, 1.82) is 5.26 Å². The molecule has 0 radical (unpaired) electrons. The molecular formula is C20H17BrN4O2S. The lowest BCUT2D eigenvalue weighted by Crippen LogP contribution is -2.08. The van der Waals surface area contributed by atoms with Crippen LogP contribution in [-0.2, 0) is 12.4 Å². The van der Waals surface area contributed by atoms with E-state index in [1.165, 1.54) is 11.8 Å². The van der Waals surface area contributed by atoms with E-state index in [9.17, 15) is 5.26 Å². The summed E-state index contributed by atoms with van der Waals surface area (Å²) in [5.74, 6) is 2.14. The Labute approximate surface area is 175 Å². The Morgan fingerprint density at radius 2 is 1.89 bits per heavy atom. The van der Waals surface area contributed by atoms with E-state index in [0.717, 1.165) is 10.0 Å². The van der Waals surface area contributed by atoms with Crippen molar-refractivity contribution < 1.29 is 9.47 Å². The van der Waals surface area contributed by atoms with Crippen LogP contribution in [0.2, 0.25) is 0 Å². The lowest BCUT2D eigenvalue weighted by Gasteiger charge is -2.11. The number of anilines is 1. The predicted molar refractivity (Wildman–Crippen MR) is 112 cm³/mol. The number of rotatable bonds is 7. The van der Waals surface area contributed by atoms with Gasteiger partial charge >= 0.3 is 0 Å². The number of hydrogen-bond acceptors (Lipinski definition) is 7. The highest BCUT2D eigenvalue weighted by molar-refractivity contribution is 9.10. The summed E-state index contributed by atoms with van der Waals surface area (Å²) >= 11 is 4.87.